The number of halogens is 3. The van der Waals surface area contributed by atoms with Gasteiger partial charge >= 0.3 is 18.1 Å². The second-order valence-corrected chi connectivity index (χ2v) is 9.65. The number of ketones is 1. The number of alkyl halides is 3. The highest BCUT2D eigenvalue weighted by Crippen LogP contribution is 2.31. The van der Waals surface area contributed by atoms with Gasteiger partial charge in [-0.05, 0) is 47.8 Å². The number of amides is 1. The van der Waals surface area contributed by atoms with Gasteiger partial charge in [-0.1, -0.05) is 30.3 Å². The van der Waals surface area contributed by atoms with Crippen LogP contribution in [0, 0.1) is 0 Å². The molecule has 0 aliphatic carbocycles. The van der Waals surface area contributed by atoms with Crippen LogP contribution >= 0.6 is 11.8 Å². The lowest BCUT2D eigenvalue weighted by Crippen LogP contribution is -2.56. The molecule has 1 atom stereocenters. The first-order chi connectivity index (χ1) is 18.8. The van der Waals surface area contributed by atoms with Crippen LogP contribution in [0.15, 0.2) is 61.1 Å². The minimum atomic E-state index is -5.43. The van der Waals surface area contributed by atoms with Crippen LogP contribution < -0.4 is 11.1 Å². The zero-order chi connectivity index (χ0) is 29.5. The van der Waals surface area contributed by atoms with E-state index in [1.165, 1.54) is 30.0 Å². The summed E-state index contributed by atoms with van der Waals surface area (Å²) in [6.07, 6.45) is -0.869. The average Bonchev–Trinajstić information content (AvgIpc) is 3.33. The van der Waals surface area contributed by atoms with Crippen LogP contribution in [0.4, 0.5) is 18.9 Å². The number of imidazole rings is 1. The van der Waals surface area contributed by atoms with Crippen molar-refractivity contribution in [2.24, 2.45) is 12.8 Å². The van der Waals surface area contributed by atoms with Crippen molar-refractivity contribution < 1.29 is 42.1 Å². The maximum absolute atomic E-state index is 13.7. The molecule has 0 bridgehead atoms. The largest absolute Gasteiger partial charge is 0.495 e. The number of hydrogen-bond donors (Lipinski definition) is 2. The molecule has 10 nitrogen and oxygen atoms in total. The van der Waals surface area contributed by atoms with E-state index >= 15 is 0 Å². The number of thioether (sulfide) groups is 1. The number of aryl methyl sites for hydroxylation is 1. The van der Waals surface area contributed by atoms with E-state index in [-0.39, 0.29) is 35.6 Å². The van der Waals surface area contributed by atoms with Gasteiger partial charge in [0.2, 0.25) is 5.91 Å². The summed E-state index contributed by atoms with van der Waals surface area (Å²) >= 11 is 1.22. The van der Waals surface area contributed by atoms with Crippen LogP contribution in [0.25, 0.3) is 11.1 Å². The molecular weight excluding hydrogens is 553 g/mol. The van der Waals surface area contributed by atoms with Gasteiger partial charge in [-0.3, -0.25) is 9.59 Å². The molecule has 0 radical (unpaired) electrons. The number of nitrogens with two attached hydrogens (primary N) is 1. The van der Waals surface area contributed by atoms with Crippen molar-refractivity contribution in [3.63, 3.8) is 0 Å². The second-order valence-electron chi connectivity index (χ2n) is 8.66. The third kappa shape index (κ3) is 7.48. The molecule has 0 aliphatic heterocycles. The van der Waals surface area contributed by atoms with Crippen LogP contribution in [0.3, 0.4) is 0 Å². The zero-order valence-corrected chi connectivity index (χ0v) is 22.2. The van der Waals surface area contributed by atoms with Crippen molar-refractivity contribution in [2.45, 2.75) is 24.6 Å². The van der Waals surface area contributed by atoms with Crippen LogP contribution in [-0.2, 0) is 37.6 Å². The molecule has 3 aromatic rings. The molecule has 1 aromatic heterocycles. The summed E-state index contributed by atoms with van der Waals surface area (Å²) in [5, 5.41) is 2.73. The van der Waals surface area contributed by atoms with E-state index in [9.17, 15) is 32.3 Å². The molecule has 14 heteroatoms. The standard InChI is InChI=1S/C26H25F3N4O6S/c1-33-14-18(31-15-33)13-21(34)32-17-8-9-19(20(12-17)16-6-4-3-5-7-16)22(35)25(30,10-11-40-2)23(36)38-39-24(37)26(27,28)29/h3-9,12,14-15H,10-11,13,30H2,1-2H3,(H,32,34). The van der Waals surface area contributed by atoms with Gasteiger partial charge in [0.1, 0.15) is 0 Å². The van der Waals surface area contributed by atoms with Gasteiger partial charge in [-0.2, -0.15) is 24.9 Å². The Bertz CT molecular complexity index is 1400. The summed E-state index contributed by atoms with van der Waals surface area (Å²) in [5.74, 6) is -5.67. The molecule has 40 heavy (non-hydrogen) atoms. The van der Waals surface area contributed by atoms with Gasteiger partial charge in [0, 0.05) is 24.5 Å². The maximum Gasteiger partial charge on any atom is 0.495 e. The van der Waals surface area contributed by atoms with Crippen LogP contribution in [-0.4, -0.2) is 56.9 Å². The van der Waals surface area contributed by atoms with E-state index in [4.69, 9.17) is 5.73 Å². The highest BCUT2D eigenvalue weighted by molar-refractivity contribution is 7.98. The lowest BCUT2D eigenvalue weighted by Gasteiger charge is -2.25. The first-order valence-corrected chi connectivity index (χ1v) is 13.0. The average molecular weight is 579 g/mol. The van der Waals surface area contributed by atoms with Gasteiger partial charge < -0.3 is 15.6 Å². The molecule has 1 unspecified atom stereocenters. The van der Waals surface area contributed by atoms with E-state index in [0.717, 1.165) is 0 Å². The van der Waals surface area contributed by atoms with E-state index in [2.05, 4.69) is 20.1 Å². The first-order valence-electron chi connectivity index (χ1n) is 11.6. The molecule has 1 amide bonds. The van der Waals surface area contributed by atoms with Crippen LogP contribution in [0.1, 0.15) is 22.5 Å². The molecular formula is C26H25F3N4O6S. The Morgan fingerprint density at radius 1 is 1.05 bits per heavy atom. The minimum absolute atomic E-state index is 0.00866. The predicted molar refractivity (Wildman–Crippen MR) is 140 cm³/mol. The zero-order valence-electron chi connectivity index (χ0n) is 21.4. The van der Waals surface area contributed by atoms with Gasteiger partial charge in [-0.15, -0.1) is 0 Å². The third-order valence-corrected chi connectivity index (χ3v) is 6.24. The third-order valence-electron chi connectivity index (χ3n) is 5.63. The fraction of sp³-hybridized carbons (Fsp3) is 0.269. The number of benzene rings is 2. The Morgan fingerprint density at radius 2 is 1.73 bits per heavy atom. The Balaban J connectivity index is 1.95. The van der Waals surface area contributed by atoms with Crippen molar-refractivity contribution in [1.29, 1.82) is 0 Å². The smallest absolute Gasteiger partial charge is 0.340 e. The molecule has 3 N–H and O–H groups in total. The summed E-state index contributed by atoms with van der Waals surface area (Å²) in [7, 11) is 1.77. The topological polar surface area (TPSA) is 143 Å². The second kappa shape index (κ2) is 12.8. The van der Waals surface area contributed by atoms with Gasteiger partial charge in [0.05, 0.1) is 18.4 Å². The van der Waals surface area contributed by atoms with Crippen molar-refractivity contribution in [2.75, 3.05) is 17.3 Å². The predicted octanol–water partition coefficient (Wildman–Crippen LogP) is 3.47. The molecule has 212 valence electrons. The summed E-state index contributed by atoms with van der Waals surface area (Å²) in [6, 6.07) is 12.7. The van der Waals surface area contributed by atoms with E-state index < -0.39 is 29.4 Å². The number of hydrogen-bond acceptors (Lipinski definition) is 9. The van der Waals surface area contributed by atoms with E-state index in [1.807, 2.05) is 0 Å². The number of nitrogens with one attached hydrogen (secondary N) is 1. The number of Topliss-reactive ketones (excluding diaryl/α,β-unsaturated/α-hetero) is 1. The minimum Gasteiger partial charge on any atom is -0.340 e. The Labute approximate surface area is 231 Å². The van der Waals surface area contributed by atoms with Crippen molar-refractivity contribution in [3.8, 4) is 11.1 Å². The summed E-state index contributed by atoms with van der Waals surface area (Å²) in [6.45, 7) is 0. The molecule has 3 rings (SSSR count). The summed E-state index contributed by atoms with van der Waals surface area (Å²) in [5.41, 5.74) is 5.26. The highest BCUT2D eigenvalue weighted by Gasteiger charge is 2.48. The lowest BCUT2D eigenvalue weighted by molar-refractivity contribution is -0.287. The van der Waals surface area contributed by atoms with Crippen LogP contribution in [0.2, 0.25) is 0 Å². The summed E-state index contributed by atoms with van der Waals surface area (Å²) < 4.78 is 39.2. The Morgan fingerprint density at radius 3 is 2.33 bits per heavy atom. The van der Waals surface area contributed by atoms with E-state index in [0.29, 0.717) is 16.9 Å². The van der Waals surface area contributed by atoms with Crippen molar-refractivity contribution in [1.82, 2.24) is 9.55 Å². The molecule has 0 fully saturated rings. The highest BCUT2D eigenvalue weighted by atomic mass is 32.2. The van der Waals surface area contributed by atoms with Gasteiger partial charge in [0.15, 0.2) is 11.3 Å². The Kier molecular flexibility index (Phi) is 9.71. The van der Waals surface area contributed by atoms with Crippen molar-refractivity contribution in [3.05, 3.63) is 72.3 Å². The van der Waals surface area contributed by atoms with Gasteiger partial charge in [0.25, 0.3) is 0 Å². The molecule has 2 aromatic carbocycles. The maximum atomic E-state index is 13.7. The number of carbonyl (C=O) groups excluding carboxylic acids is 4. The number of anilines is 1. The fourth-order valence-corrected chi connectivity index (χ4v) is 4.14. The molecule has 0 spiro atoms. The summed E-state index contributed by atoms with van der Waals surface area (Å²) in [4.78, 5) is 61.9. The fourth-order valence-electron chi connectivity index (χ4n) is 3.61. The van der Waals surface area contributed by atoms with E-state index in [1.54, 1.807) is 60.7 Å². The molecule has 1 heterocycles. The number of nitrogens with zero attached hydrogens (tertiary/aromatic N) is 2. The number of carbonyl (C=O) groups is 4. The quantitative estimate of drug-likeness (QED) is 0.160. The van der Waals surface area contributed by atoms with Crippen LogP contribution in [0.5, 0.6) is 0 Å². The Hall–Kier alpha value is -4.17. The van der Waals surface area contributed by atoms with Gasteiger partial charge in [-0.25, -0.2) is 24.3 Å². The normalized spacial score (nSPS) is 12.8. The first kappa shape index (κ1) is 30.4. The monoisotopic (exact) mass is 578 g/mol. The molecule has 0 saturated carbocycles. The molecule has 0 aliphatic rings. The lowest BCUT2D eigenvalue weighted by atomic mass is 9.84. The molecule has 0 saturated heterocycles. The SMILES string of the molecule is CSCCC(N)(C(=O)OOC(=O)C(F)(F)F)C(=O)c1ccc(NC(=O)Cc2cn(C)cn2)cc1-c1ccccc1. The number of rotatable bonds is 10. The number of aromatic nitrogens is 2. The van der Waals surface area contributed by atoms with Crippen molar-refractivity contribution >= 4 is 41.1 Å².